The first kappa shape index (κ1) is 10.3. The highest BCUT2D eigenvalue weighted by Crippen LogP contribution is 2.50. The van der Waals surface area contributed by atoms with E-state index in [1.54, 1.807) is 0 Å². The van der Waals surface area contributed by atoms with Crippen molar-refractivity contribution in [3.05, 3.63) is 24.0 Å². The minimum absolute atomic E-state index is 0.0675. The normalized spacial score (nSPS) is 19.5. The van der Waals surface area contributed by atoms with Crippen LogP contribution in [0.3, 0.4) is 0 Å². The van der Waals surface area contributed by atoms with E-state index in [0.717, 1.165) is 6.54 Å². The predicted octanol–water partition coefficient (Wildman–Crippen LogP) is 2.20. The van der Waals surface area contributed by atoms with Crippen LogP contribution in [0.25, 0.3) is 0 Å². The van der Waals surface area contributed by atoms with Gasteiger partial charge in [-0.1, -0.05) is 0 Å². The molecule has 15 heavy (non-hydrogen) atoms. The number of hydrogen-bond donors (Lipinski definition) is 1. The molecule has 3 heteroatoms. The fraction of sp³-hybridized carbons (Fsp3) is 0.583. The molecule has 1 aromatic rings. The molecule has 0 spiro atoms. The summed E-state index contributed by atoms with van der Waals surface area (Å²) in [6.45, 7) is 2.94. The lowest BCUT2D eigenvalue weighted by Gasteiger charge is -2.17. The zero-order valence-electron chi connectivity index (χ0n) is 9.11. The summed E-state index contributed by atoms with van der Waals surface area (Å²) in [6.07, 6.45) is 5.09. The third-order valence-corrected chi connectivity index (χ3v) is 3.25. The molecule has 0 aromatic carbocycles. The zero-order valence-corrected chi connectivity index (χ0v) is 9.11. The van der Waals surface area contributed by atoms with E-state index in [1.807, 2.05) is 13.0 Å². The van der Waals surface area contributed by atoms with Gasteiger partial charge in [0.2, 0.25) is 0 Å². The SMILES string of the molecule is CC(N)c1cccn1CC1(CC#N)CC1. The summed E-state index contributed by atoms with van der Waals surface area (Å²) >= 11 is 0. The molecule has 1 aromatic heterocycles. The van der Waals surface area contributed by atoms with Crippen LogP contribution in [0.5, 0.6) is 0 Å². The Labute approximate surface area is 90.5 Å². The molecule has 1 fully saturated rings. The molecule has 1 atom stereocenters. The number of nitrogens with two attached hydrogens (primary N) is 1. The number of hydrogen-bond acceptors (Lipinski definition) is 2. The Morgan fingerprint density at radius 2 is 2.40 bits per heavy atom. The second-order valence-electron chi connectivity index (χ2n) is 4.68. The van der Waals surface area contributed by atoms with Crippen LogP contribution in [-0.4, -0.2) is 4.57 Å². The monoisotopic (exact) mass is 203 g/mol. The van der Waals surface area contributed by atoms with Crippen molar-refractivity contribution in [2.24, 2.45) is 11.1 Å². The van der Waals surface area contributed by atoms with E-state index in [4.69, 9.17) is 11.0 Å². The van der Waals surface area contributed by atoms with Crippen LogP contribution in [0.2, 0.25) is 0 Å². The first-order valence-electron chi connectivity index (χ1n) is 5.44. The number of nitriles is 1. The molecule has 1 aliphatic carbocycles. The molecule has 0 radical (unpaired) electrons. The molecule has 1 aliphatic rings. The van der Waals surface area contributed by atoms with Crippen molar-refractivity contribution < 1.29 is 0 Å². The van der Waals surface area contributed by atoms with Gasteiger partial charge in [-0.25, -0.2) is 0 Å². The fourth-order valence-corrected chi connectivity index (χ4v) is 2.08. The van der Waals surface area contributed by atoms with Gasteiger partial charge in [-0.3, -0.25) is 0 Å². The molecule has 1 saturated carbocycles. The zero-order chi connectivity index (χ0) is 10.9. The molecular formula is C12H17N3. The Morgan fingerprint density at radius 1 is 1.67 bits per heavy atom. The van der Waals surface area contributed by atoms with Crippen molar-refractivity contribution in [1.82, 2.24) is 4.57 Å². The van der Waals surface area contributed by atoms with Crippen LogP contribution in [0.15, 0.2) is 18.3 Å². The largest absolute Gasteiger partial charge is 0.349 e. The van der Waals surface area contributed by atoms with Crippen LogP contribution in [0.4, 0.5) is 0 Å². The van der Waals surface area contributed by atoms with Gasteiger partial charge in [-0.2, -0.15) is 5.26 Å². The third-order valence-electron chi connectivity index (χ3n) is 3.25. The first-order chi connectivity index (χ1) is 7.17. The van der Waals surface area contributed by atoms with Gasteiger partial charge >= 0.3 is 0 Å². The molecule has 0 bridgehead atoms. The maximum atomic E-state index is 8.77. The highest BCUT2D eigenvalue weighted by Gasteiger charge is 2.42. The summed E-state index contributed by atoms with van der Waals surface area (Å²) in [4.78, 5) is 0. The number of rotatable bonds is 4. The number of aromatic nitrogens is 1. The van der Waals surface area contributed by atoms with E-state index < -0.39 is 0 Å². The number of nitrogens with zero attached hydrogens (tertiary/aromatic N) is 2. The standard InChI is InChI=1S/C12H17N3/c1-10(14)11-3-2-8-15(11)9-12(4-5-12)6-7-13/h2-3,8,10H,4-6,9,14H2,1H3. The fourth-order valence-electron chi connectivity index (χ4n) is 2.08. The van der Waals surface area contributed by atoms with Crippen LogP contribution in [0, 0.1) is 16.7 Å². The average Bonchev–Trinajstić information content (AvgIpc) is 2.77. The van der Waals surface area contributed by atoms with Crippen molar-refractivity contribution in [2.45, 2.75) is 38.8 Å². The Hall–Kier alpha value is -1.27. The molecule has 0 saturated heterocycles. The van der Waals surface area contributed by atoms with Gasteiger partial charge in [-0.15, -0.1) is 0 Å². The predicted molar refractivity (Wildman–Crippen MR) is 58.9 cm³/mol. The van der Waals surface area contributed by atoms with Crippen LogP contribution in [-0.2, 0) is 6.54 Å². The highest BCUT2D eigenvalue weighted by atomic mass is 15.0. The van der Waals surface area contributed by atoms with E-state index in [0.29, 0.717) is 6.42 Å². The molecule has 2 N–H and O–H groups in total. The van der Waals surface area contributed by atoms with E-state index in [1.165, 1.54) is 18.5 Å². The van der Waals surface area contributed by atoms with Crippen molar-refractivity contribution >= 4 is 0 Å². The van der Waals surface area contributed by atoms with Gasteiger partial charge in [0.1, 0.15) is 0 Å². The Kier molecular flexibility index (Phi) is 2.54. The summed E-state index contributed by atoms with van der Waals surface area (Å²) < 4.78 is 2.20. The lowest BCUT2D eigenvalue weighted by molar-refractivity contribution is 0.419. The smallest absolute Gasteiger partial charge is 0.0628 e. The summed E-state index contributed by atoms with van der Waals surface area (Å²) in [5, 5.41) is 8.77. The average molecular weight is 203 g/mol. The van der Waals surface area contributed by atoms with Gasteiger partial charge in [0, 0.05) is 36.3 Å². The maximum absolute atomic E-state index is 8.77. The van der Waals surface area contributed by atoms with Gasteiger partial charge in [0.05, 0.1) is 6.07 Å². The summed E-state index contributed by atoms with van der Waals surface area (Å²) in [7, 11) is 0. The van der Waals surface area contributed by atoms with E-state index in [-0.39, 0.29) is 11.5 Å². The Morgan fingerprint density at radius 3 is 2.93 bits per heavy atom. The molecule has 80 valence electrons. The maximum Gasteiger partial charge on any atom is 0.0628 e. The highest BCUT2D eigenvalue weighted by molar-refractivity contribution is 5.12. The van der Waals surface area contributed by atoms with Crippen LogP contribution < -0.4 is 5.73 Å². The molecule has 1 unspecified atom stereocenters. The Bertz CT molecular complexity index is 380. The van der Waals surface area contributed by atoms with Gasteiger partial charge in [-0.05, 0) is 31.9 Å². The molecule has 0 aliphatic heterocycles. The molecule has 1 heterocycles. The molecule has 3 nitrogen and oxygen atoms in total. The van der Waals surface area contributed by atoms with Crippen molar-refractivity contribution in [3.8, 4) is 6.07 Å². The van der Waals surface area contributed by atoms with Gasteiger partial charge in [0.25, 0.3) is 0 Å². The van der Waals surface area contributed by atoms with Crippen molar-refractivity contribution in [1.29, 1.82) is 5.26 Å². The first-order valence-corrected chi connectivity index (χ1v) is 5.44. The van der Waals surface area contributed by atoms with Gasteiger partial charge in [0.15, 0.2) is 0 Å². The lowest BCUT2D eigenvalue weighted by atomic mass is 10.0. The quantitative estimate of drug-likeness (QED) is 0.815. The van der Waals surface area contributed by atoms with E-state index in [9.17, 15) is 0 Å². The van der Waals surface area contributed by atoms with Gasteiger partial charge < -0.3 is 10.3 Å². The van der Waals surface area contributed by atoms with Crippen molar-refractivity contribution in [3.63, 3.8) is 0 Å². The summed E-state index contributed by atoms with van der Waals surface area (Å²) in [5.41, 5.74) is 7.30. The van der Waals surface area contributed by atoms with E-state index >= 15 is 0 Å². The third kappa shape index (κ3) is 2.05. The second-order valence-corrected chi connectivity index (χ2v) is 4.68. The van der Waals surface area contributed by atoms with E-state index in [2.05, 4.69) is 22.9 Å². The van der Waals surface area contributed by atoms with Crippen LogP contribution >= 0.6 is 0 Å². The topological polar surface area (TPSA) is 54.7 Å². The van der Waals surface area contributed by atoms with Crippen LogP contribution in [0.1, 0.15) is 37.9 Å². The molecular weight excluding hydrogens is 186 g/mol. The second kappa shape index (κ2) is 3.71. The minimum atomic E-state index is 0.0675. The summed E-state index contributed by atoms with van der Waals surface area (Å²) in [5.74, 6) is 0. The molecule has 2 rings (SSSR count). The van der Waals surface area contributed by atoms with Crippen molar-refractivity contribution in [2.75, 3.05) is 0 Å². The lowest BCUT2D eigenvalue weighted by Crippen LogP contribution is -2.17. The minimum Gasteiger partial charge on any atom is -0.349 e. The molecule has 0 amide bonds. The summed E-state index contributed by atoms with van der Waals surface area (Å²) in [6, 6.07) is 6.45. The Balaban J connectivity index is 2.11.